The molecule has 15 heavy (non-hydrogen) atoms. The molecule has 1 saturated heterocycles. The van der Waals surface area contributed by atoms with Crippen LogP contribution in [0.15, 0.2) is 0 Å². The van der Waals surface area contributed by atoms with Gasteiger partial charge in [-0.2, -0.15) is 0 Å². The third-order valence-electron chi connectivity index (χ3n) is 3.73. The average Bonchev–Trinajstić information content (AvgIpc) is 2.56. The van der Waals surface area contributed by atoms with E-state index in [-0.39, 0.29) is 5.91 Å². The quantitative estimate of drug-likeness (QED) is 0.769. The number of β-amino-alcohol motifs (C(OH)–C–C–N with tert-alkyl or cyclic N) is 1. The van der Waals surface area contributed by atoms with Crippen LogP contribution in [0.5, 0.6) is 0 Å². The van der Waals surface area contributed by atoms with Crippen LogP contribution in [0.4, 0.5) is 0 Å². The lowest BCUT2D eigenvalue weighted by molar-refractivity contribution is -0.127. The second-order valence-corrected chi connectivity index (χ2v) is 4.99. The van der Waals surface area contributed by atoms with Crippen LogP contribution in [0.1, 0.15) is 44.9 Å². The Morgan fingerprint density at radius 2 is 2.00 bits per heavy atom. The minimum Gasteiger partial charge on any atom is -0.391 e. The van der Waals surface area contributed by atoms with Gasteiger partial charge in [-0.3, -0.25) is 4.79 Å². The van der Waals surface area contributed by atoms with E-state index in [1.54, 1.807) is 0 Å². The number of aliphatic hydroxyl groups excluding tert-OH is 1. The maximum Gasteiger partial charge on any atom is 0.225 e. The van der Waals surface area contributed by atoms with Crippen molar-refractivity contribution in [1.82, 2.24) is 4.90 Å². The van der Waals surface area contributed by atoms with Crippen molar-refractivity contribution in [2.75, 3.05) is 13.1 Å². The van der Waals surface area contributed by atoms with Gasteiger partial charge in [0.2, 0.25) is 5.91 Å². The summed E-state index contributed by atoms with van der Waals surface area (Å²) in [6.45, 7) is 1.42. The minimum absolute atomic E-state index is 0.137. The van der Waals surface area contributed by atoms with E-state index >= 15 is 0 Å². The normalized spacial score (nSPS) is 28.7. The molecule has 0 spiro atoms. The molecule has 2 rings (SSSR count). The van der Waals surface area contributed by atoms with Crippen LogP contribution in [-0.2, 0) is 4.79 Å². The summed E-state index contributed by atoms with van der Waals surface area (Å²) in [6, 6.07) is 0. The Balaban J connectivity index is 1.70. The maximum absolute atomic E-state index is 11.4. The molecule has 0 radical (unpaired) electrons. The second kappa shape index (κ2) is 4.97. The fourth-order valence-electron chi connectivity index (χ4n) is 2.78. The molecule has 1 aliphatic heterocycles. The molecule has 0 aromatic rings. The van der Waals surface area contributed by atoms with Gasteiger partial charge in [-0.1, -0.05) is 32.1 Å². The van der Waals surface area contributed by atoms with Crippen molar-refractivity contribution >= 4 is 5.91 Å². The highest BCUT2D eigenvalue weighted by molar-refractivity contribution is 5.78. The molecule has 1 N–H and O–H groups in total. The smallest absolute Gasteiger partial charge is 0.225 e. The molecular weight excluding hydrogens is 190 g/mol. The topological polar surface area (TPSA) is 40.5 Å². The van der Waals surface area contributed by atoms with E-state index in [0.717, 1.165) is 18.9 Å². The third-order valence-corrected chi connectivity index (χ3v) is 3.73. The van der Waals surface area contributed by atoms with E-state index in [9.17, 15) is 9.90 Å². The molecule has 86 valence electrons. The first kappa shape index (κ1) is 10.9. The van der Waals surface area contributed by atoms with Crippen molar-refractivity contribution in [1.29, 1.82) is 0 Å². The fraction of sp³-hybridized carbons (Fsp3) is 0.917. The first-order chi connectivity index (χ1) is 7.25. The summed E-state index contributed by atoms with van der Waals surface area (Å²) < 4.78 is 0. The van der Waals surface area contributed by atoms with Gasteiger partial charge >= 0.3 is 0 Å². The van der Waals surface area contributed by atoms with Gasteiger partial charge in [0.1, 0.15) is 0 Å². The summed E-state index contributed by atoms with van der Waals surface area (Å²) in [5, 5.41) is 9.34. The molecule has 0 bridgehead atoms. The van der Waals surface area contributed by atoms with E-state index < -0.39 is 6.10 Å². The van der Waals surface area contributed by atoms with Gasteiger partial charge in [-0.05, 0) is 12.3 Å². The average molecular weight is 211 g/mol. The first-order valence-corrected chi connectivity index (χ1v) is 6.21. The van der Waals surface area contributed by atoms with Gasteiger partial charge in [0.25, 0.3) is 0 Å². The number of likely N-dealkylation sites (tertiary alicyclic amines) is 1. The van der Waals surface area contributed by atoms with Gasteiger partial charge < -0.3 is 10.0 Å². The van der Waals surface area contributed by atoms with Crippen molar-refractivity contribution < 1.29 is 9.90 Å². The Bertz CT molecular complexity index is 224. The zero-order chi connectivity index (χ0) is 10.7. The van der Waals surface area contributed by atoms with Gasteiger partial charge in [-0.15, -0.1) is 0 Å². The summed E-state index contributed by atoms with van der Waals surface area (Å²) in [6.07, 6.45) is 7.85. The summed E-state index contributed by atoms with van der Waals surface area (Å²) >= 11 is 0. The molecule has 2 aliphatic rings. The number of aliphatic hydroxyl groups is 1. The summed E-state index contributed by atoms with van der Waals surface area (Å²) in [5.41, 5.74) is 0. The number of hydrogen-bond acceptors (Lipinski definition) is 2. The Morgan fingerprint density at radius 1 is 1.27 bits per heavy atom. The van der Waals surface area contributed by atoms with Crippen molar-refractivity contribution in [3.05, 3.63) is 0 Å². The Hall–Kier alpha value is -0.570. The summed E-state index contributed by atoms with van der Waals surface area (Å²) in [5.74, 6) is 0.961. The monoisotopic (exact) mass is 211 g/mol. The van der Waals surface area contributed by atoms with Crippen molar-refractivity contribution in [2.45, 2.75) is 51.0 Å². The lowest BCUT2D eigenvalue weighted by Gasteiger charge is -2.24. The molecule has 3 heteroatoms. The van der Waals surface area contributed by atoms with E-state index in [2.05, 4.69) is 0 Å². The lowest BCUT2D eigenvalue weighted by Crippen LogP contribution is -2.28. The van der Waals surface area contributed by atoms with Crippen LogP contribution >= 0.6 is 0 Å². The van der Waals surface area contributed by atoms with Crippen LogP contribution in [0.2, 0.25) is 0 Å². The highest BCUT2D eigenvalue weighted by Crippen LogP contribution is 2.27. The van der Waals surface area contributed by atoms with Crippen LogP contribution < -0.4 is 0 Å². The molecule has 1 aliphatic carbocycles. The fourth-order valence-corrected chi connectivity index (χ4v) is 2.78. The maximum atomic E-state index is 11.4. The zero-order valence-electron chi connectivity index (χ0n) is 9.32. The molecule has 1 saturated carbocycles. The predicted octanol–water partition coefficient (Wildman–Crippen LogP) is 1.55. The summed E-state index contributed by atoms with van der Waals surface area (Å²) in [7, 11) is 0. The van der Waals surface area contributed by atoms with Crippen molar-refractivity contribution in [3.8, 4) is 0 Å². The van der Waals surface area contributed by atoms with Gasteiger partial charge in [0.05, 0.1) is 12.5 Å². The highest BCUT2D eigenvalue weighted by atomic mass is 16.3. The van der Waals surface area contributed by atoms with Gasteiger partial charge in [-0.25, -0.2) is 0 Å². The molecule has 3 nitrogen and oxygen atoms in total. The van der Waals surface area contributed by atoms with Crippen LogP contribution in [0, 0.1) is 5.92 Å². The number of hydrogen-bond donors (Lipinski definition) is 1. The van der Waals surface area contributed by atoms with Crippen molar-refractivity contribution in [2.24, 2.45) is 5.92 Å². The number of nitrogens with zero attached hydrogens (tertiary/aromatic N) is 1. The molecule has 1 amide bonds. The molecule has 2 fully saturated rings. The molecule has 1 heterocycles. The van der Waals surface area contributed by atoms with E-state index in [0.29, 0.717) is 13.0 Å². The third kappa shape index (κ3) is 2.94. The highest BCUT2D eigenvalue weighted by Gasteiger charge is 2.28. The molecule has 0 aromatic carbocycles. The zero-order valence-corrected chi connectivity index (χ0v) is 9.32. The summed E-state index contributed by atoms with van der Waals surface area (Å²) in [4.78, 5) is 13.3. The van der Waals surface area contributed by atoms with E-state index in [4.69, 9.17) is 0 Å². The molecule has 0 aromatic heterocycles. The molecule has 1 unspecified atom stereocenters. The van der Waals surface area contributed by atoms with Crippen LogP contribution in [-0.4, -0.2) is 35.1 Å². The van der Waals surface area contributed by atoms with Crippen LogP contribution in [0.3, 0.4) is 0 Å². The van der Waals surface area contributed by atoms with Crippen LogP contribution in [0.25, 0.3) is 0 Å². The Labute approximate surface area is 91.5 Å². The second-order valence-electron chi connectivity index (χ2n) is 4.99. The SMILES string of the molecule is O=C1CC(O)CN1CCC1CCCCC1. The van der Waals surface area contributed by atoms with Crippen molar-refractivity contribution in [3.63, 3.8) is 0 Å². The predicted molar refractivity (Wildman–Crippen MR) is 58.4 cm³/mol. The van der Waals surface area contributed by atoms with Gasteiger partial charge in [0, 0.05) is 13.1 Å². The number of carbonyl (C=O) groups is 1. The number of carbonyl (C=O) groups excluding carboxylic acids is 1. The minimum atomic E-state index is -0.413. The Kier molecular flexibility index (Phi) is 3.62. The molecule has 1 atom stereocenters. The number of rotatable bonds is 3. The van der Waals surface area contributed by atoms with E-state index in [1.165, 1.54) is 32.1 Å². The standard InChI is InChI=1S/C12H21NO2/c14-11-8-12(15)13(9-11)7-6-10-4-2-1-3-5-10/h10-11,14H,1-9H2. The molecular formula is C12H21NO2. The first-order valence-electron chi connectivity index (χ1n) is 6.21. The van der Waals surface area contributed by atoms with Gasteiger partial charge in [0.15, 0.2) is 0 Å². The van der Waals surface area contributed by atoms with E-state index in [1.807, 2.05) is 4.90 Å². The Morgan fingerprint density at radius 3 is 2.60 bits per heavy atom. The number of amides is 1. The lowest BCUT2D eigenvalue weighted by atomic mass is 9.87. The largest absolute Gasteiger partial charge is 0.391 e.